The second kappa shape index (κ2) is 11.9. The molecule has 2 heterocycles. The van der Waals surface area contributed by atoms with Gasteiger partial charge in [-0.25, -0.2) is 12.8 Å². The number of ether oxygens (including phenoxy) is 1. The SMILES string of the molecule is CC(C)CCN(CC(=O)N1CCc2sccc2[C@@H]1COc1ccccc1F)S(=O)(=O)c1ccc(Cl)cc1. The van der Waals surface area contributed by atoms with Crippen molar-refractivity contribution in [3.05, 3.63) is 81.3 Å². The minimum Gasteiger partial charge on any atom is -0.488 e. The highest BCUT2D eigenvalue weighted by atomic mass is 35.5. The van der Waals surface area contributed by atoms with Gasteiger partial charge in [0, 0.05) is 23.0 Å². The summed E-state index contributed by atoms with van der Waals surface area (Å²) in [5.74, 6) is -0.430. The fourth-order valence-corrected chi connectivity index (χ4v) is 6.75. The molecule has 1 aliphatic heterocycles. The van der Waals surface area contributed by atoms with Gasteiger partial charge in [0.1, 0.15) is 6.61 Å². The molecule has 0 bridgehead atoms. The van der Waals surface area contributed by atoms with Crippen molar-refractivity contribution < 1.29 is 22.3 Å². The van der Waals surface area contributed by atoms with Crippen LogP contribution in [0.2, 0.25) is 5.02 Å². The first-order valence-corrected chi connectivity index (χ1v) is 14.9. The average molecular weight is 565 g/mol. The number of nitrogens with zero attached hydrogens (tertiary/aromatic N) is 2. The lowest BCUT2D eigenvalue weighted by Gasteiger charge is -2.37. The predicted octanol–water partition coefficient (Wildman–Crippen LogP) is 5.78. The molecule has 3 aromatic rings. The van der Waals surface area contributed by atoms with Crippen molar-refractivity contribution in [1.29, 1.82) is 0 Å². The van der Waals surface area contributed by atoms with Crippen LogP contribution >= 0.6 is 22.9 Å². The zero-order valence-electron chi connectivity index (χ0n) is 20.8. The van der Waals surface area contributed by atoms with Crippen LogP contribution in [0.25, 0.3) is 0 Å². The quantitative estimate of drug-likeness (QED) is 0.313. The number of fused-ring (bicyclic) bond motifs is 1. The van der Waals surface area contributed by atoms with Crippen molar-refractivity contribution in [3.8, 4) is 5.75 Å². The maximum Gasteiger partial charge on any atom is 0.243 e. The van der Waals surface area contributed by atoms with Gasteiger partial charge in [-0.05, 0) is 72.2 Å². The Kier molecular flexibility index (Phi) is 8.90. The van der Waals surface area contributed by atoms with E-state index in [0.29, 0.717) is 24.4 Å². The number of hydrogen-bond acceptors (Lipinski definition) is 5. The maximum atomic E-state index is 14.2. The summed E-state index contributed by atoms with van der Waals surface area (Å²) in [7, 11) is -3.93. The normalized spacial score (nSPS) is 15.7. The van der Waals surface area contributed by atoms with Crippen molar-refractivity contribution >= 4 is 38.9 Å². The first kappa shape index (κ1) is 27.6. The Morgan fingerprint density at radius 2 is 1.92 bits per heavy atom. The van der Waals surface area contributed by atoms with Gasteiger partial charge in [-0.15, -0.1) is 11.3 Å². The number of carbonyl (C=O) groups is 1. The number of rotatable bonds is 10. The van der Waals surface area contributed by atoms with Crippen molar-refractivity contribution in [1.82, 2.24) is 9.21 Å². The molecule has 0 unspecified atom stereocenters. The first-order valence-electron chi connectivity index (χ1n) is 12.2. The molecule has 2 aromatic carbocycles. The number of para-hydroxylation sites is 1. The summed E-state index contributed by atoms with van der Waals surface area (Å²) >= 11 is 7.57. The molecule has 6 nitrogen and oxygen atoms in total. The maximum absolute atomic E-state index is 14.2. The fraction of sp³-hybridized carbons (Fsp3) is 0.370. The van der Waals surface area contributed by atoms with E-state index in [4.69, 9.17) is 16.3 Å². The topological polar surface area (TPSA) is 66.9 Å². The van der Waals surface area contributed by atoms with E-state index >= 15 is 0 Å². The van der Waals surface area contributed by atoms with Crippen LogP contribution in [-0.2, 0) is 21.2 Å². The largest absolute Gasteiger partial charge is 0.488 e. The van der Waals surface area contributed by atoms with Crippen LogP contribution < -0.4 is 4.74 Å². The Labute approximate surface area is 226 Å². The van der Waals surface area contributed by atoms with Crippen molar-refractivity contribution in [2.75, 3.05) is 26.2 Å². The highest BCUT2D eigenvalue weighted by Gasteiger charge is 2.35. The number of sulfonamides is 1. The van der Waals surface area contributed by atoms with Gasteiger partial charge < -0.3 is 9.64 Å². The summed E-state index contributed by atoms with van der Waals surface area (Å²) < 4.78 is 48.3. The molecular weight excluding hydrogens is 535 g/mol. The lowest BCUT2D eigenvalue weighted by atomic mass is 10.0. The number of benzene rings is 2. The fourth-order valence-electron chi connectivity index (χ4n) is 4.29. The zero-order chi connectivity index (χ0) is 26.6. The Morgan fingerprint density at radius 3 is 2.62 bits per heavy atom. The number of hydrogen-bond donors (Lipinski definition) is 0. The minimum atomic E-state index is -3.93. The molecule has 37 heavy (non-hydrogen) atoms. The standard InChI is InChI=1S/C27H30ClFN2O4S2/c1-19(2)11-14-30(37(33,34)21-9-7-20(28)8-10-21)17-27(32)31-15-12-26-22(13-16-36-26)24(31)18-35-25-6-4-3-5-23(25)29/h3-10,13,16,19,24H,11-12,14-15,17-18H2,1-2H3/t24-/m0/s1. The van der Waals surface area contributed by atoms with Crippen LogP contribution in [0, 0.1) is 11.7 Å². The number of thiophene rings is 1. The monoisotopic (exact) mass is 564 g/mol. The van der Waals surface area contributed by atoms with Gasteiger partial charge in [-0.3, -0.25) is 4.79 Å². The zero-order valence-corrected chi connectivity index (χ0v) is 23.2. The first-order chi connectivity index (χ1) is 17.7. The van der Waals surface area contributed by atoms with Crippen LogP contribution in [0.15, 0.2) is 64.9 Å². The molecule has 1 atom stereocenters. The highest BCUT2D eigenvalue weighted by Crippen LogP contribution is 2.34. The Morgan fingerprint density at radius 1 is 1.19 bits per heavy atom. The third-order valence-corrected chi connectivity index (χ3v) is 9.48. The van der Waals surface area contributed by atoms with E-state index in [1.807, 2.05) is 25.3 Å². The molecule has 0 fully saturated rings. The van der Waals surface area contributed by atoms with E-state index < -0.39 is 21.9 Å². The summed E-state index contributed by atoms with van der Waals surface area (Å²) in [6.45, 7) is 4.42. The molecule has 0 aliphatic carbocycles. The van der Waals surface area contributed by atoms with Gasteiger partial charge in [0.15, 0.2) is 11.6 Å². The summed E-state index contributed by atoms with van der Waals surface area (Å²) in [6.07, 6.45) is 1.28. The summed E-state index contributed by atoms with van der Waals surface area (Å²) in [5, 5.41) is 2.40. The van der Waals surface area contributed by atoms with Crippen molar-refractivity contribution in [2.45, 2.75) is 37.6 Å². The molecule has 0 saturated carbocycles. The van der Waals surface area contributed by atoms with E-state index in [1.54, 1.807) is 34.4 Å². The summed E-state index contributed by atoms with van der Waals surface area (Å²) in [5.41, 5.74) is 0.954. The molecular formula is C27H30ClFN2O4S2. The van der Waals surface area contributed by atoms with E-state index in [2.05, 4.69) is 0 Å². The van der Waals surface area contributed by atoms with Gasteiger partial charge >= 0.3 is 0 Å². The smallest absolute Gasteiger partial charge is 0.243 e. The van der Waals surface area contributed by atoms with Crippen LogP contribution in [0.1, 0.15) is 36.8 Å². The van der Waals surface area contributed by atoms with Gasteiger partial charge in [0.2, 0.25) is 15.9 Å². The third kappa shape index (κ3) is 6.52. The predicted molar refractivity (Wildman–Crippen MR) is 144 cm³/mol. The Bertz CT molecular complexity index is 1330. The number of halogens is 2. The Balaban J connectivity index is 1.58. The second-order valence-electron chi connectivity index (χ2n) is 9.37. The highest BCUT2D eigenvalue weighted by molar-refractivity contribution is 7.89. The molecule has 0 N–H and O–H groups in total. The number of carbonyl (C=O) groups excluding carboxylic acids is 1. The van der Waals surface area contributed by atoms with Gasteiger partial charge in [-0.1, -0.05) is 37.6 Å². The lowest BCUT2D eigenvalue weighted by molar-refractivity contribution is -0.135. The number of amides is 1. The molecule has 1 aromatic heterocycles. The van der Waals surface area contributed by atoms with Crippen LogP contribution in [0.3, 0.4) is 0 Å². The Hall–Kier alpha value is -2.46. The second-order valence-corrected chi connectivity index (χ2v) is 12.7. The van der Waals surface area contributed by atoms with E-state index in [0.717, 1.165) is 10.4 Å². The molecule has 0 radical (unpaired) electrons. The van der Waals surface area contributed by atoms with Crippen LogP contribution in [-0.4, -0.2) is 49.8 Å². The van der Waals surface area contributed by atoms with Crippen molar-refractivity contribution in [3.63, 3.8) is 0 Å². The molecule has 4 rings (SSSR count). The molecule has 198 valence electrons. The van der Waals surface area contributed by atoms with E-state index in [9.17, 15) is 17.6 Å². The van der Waals surface area contributed by atoms with E-state index in [-0.39, 0.29) is 42.2 Å². The van der Waals surface area contributed by atoms with Gasteiger partial charge in [-0.2, -0.15) is 4.31 Å². The van der Waals surface area contributed by atoms with E-state index in [1.165, 1.54) is 34.6 Å². The van der Waals surface area contributed by atoms with Crippen molar-refractivity contribution in [2.24, 2.45) is 5.92 Å². The molecule has 1 amide bonds. The summed E-state index contributed by atoms with van der Waals surface area (Å²) in [6, 6.07) is 13.6. The van der Waals surface area contributed by atoms with Crippen LogP contribution in [0.5, 0.6) is 5.75 Å². The molecule has 0 saturated heterocycles. The molecule has 1 aliphatic rings. The average Bonchev–Trinajstić information content (AvgIpc) is 3.35. The molecule has 0 spiro atoms. The van der Waals surface area contributed by atoms with Crippen LogP contribution in [0.4, 0.5) is 4.39 Å². The minimum absolute atomic E-state index is 0.0618. The lowest BCUT2D eigenvalue weighted by Crippen LogP contribution is -2.48. The summed E-state index contributed by atoms with van der Waals surface area (Å²) in [4.78, 5) is 16.6. The van der Waals surface area contributed by atoms with Gasteiger partial charge in [0.05, 0.1) is 17.5 Å². The molecule has 10 heteroatoms. The third-order valence-electron chi connectivity index (χ3n) is 6.37. The van der Waals surface area contributed by atoms with Gasteiger partial charge in [0.25, 0.3) is 0 Å².